The van der Waals surface area contributed by atoms with Crippen molar-refractivity contribution in [2.24, 2.45) is 5.92 Å². The van der Waals surface area contributed by atoms with E-state index in [1.54, 1.807) is 11.8 Å². The molecule has 4 nitrogen and oxygen atoms in total. The number of rotatable bonds is 6. The van der Waals surface area contributed by atoms with Crippen molar-refractivity contribution in [2.45, 2.75) is 38.8 Å². The third-order valence-electron chi connectivity index (χ3n) is 4.61. The molecule has 1 aliphatic rings. The number of nitrogens with zero attached hydrogens (tertiary/aromatic N) is 3. The molecule has 23 heavy (non-hydrogen) atoms. The SMILES string of the molecule is CSC[C@H](C)C(=O)N1CCC[C@H](N(C)Cc2ccccn2)CC1. The molecule has 0 aliphatic carbocycles. The standard InChI is InChI=1S/C18H29N3OS/c1-15(14-23-3)18(22)21-11-6-8-17(9-12-21)20(2)13-16-7-4-5-10-19-16/h4-5,7,10,15,17H,6,8-9,11-14H2,1-3H3/t15-,17-/m0/s1. The Kier molecular flexibility index (Phi) is 7.37. The maximum atomic E-state index is 12.5. The topological polar surface area (TPSA) is 36.4 Å². The van der Waals surface area contributed by atoms with E-state index in [9.17, 15) is 4.79 Å². The number of hydrogen-bond donors (Lipinski definition) is 0. The number of aromatic nitrogens is 1. The van der Waals surface area contributed by atoms with Crippen LogP contribution in [0.25, 0.3) is 0 Å². The van der Waals surface area contributed by atoms with Gasteiger partial charge in [-0.2, -0.15) is 11.8 Å². The van der Waals surface area contributed by atoms with Crippen LogP contribution in [0.1, 0.15) is 31.9 Å². The molecule has 2 rings (SSSR count). The summed E-state index contributed by atoms with van der Waals surface area (Å²) in [5, 5.41) is 0. The molecule has 0 radical (unpaired) electrons. The Morgan fingerprint density at radius 1 is 1.43 bits per heavy atom. The third kappa shape index (κ3) is 5.50. The van der Waals surface area contributed by atoms with Gasteiger partial charge in [0.15, 0.2) is 0 Å². The molecule has 1 aromatic heterocycles. The smallest absolute Gasteiger partial charge is 0.226 e. The molecule has 0 aromatic carbocycles. The van der Waals surface area contributed by atoms with Crippen LogP contribution in [0.4, 0.5) is 0 Å². The summed E-state index contributed by atoms with van der Waals surface area (Å²) in [5.74, 6) is 1.37. The zero-order valence-electron chi connectivity index (χ0n) is 14.6. The summed E-state index contributed by atoms with van der Waals surface area (Å²) in [6, 6.07) is 6.60. The fourth-order valence-corrected chi connectivity index (χ4v) is 3.89. The molecule has 0 bridgehead atoms. The quantitative estimate of drug-likeness (QED) is 0.801. The van der Waals surface area contributed by atoms with Crippen LogP contribution in [0.15, 0.2) is 24.4 Å². The van der Waals surface area contributed by atoms with E-state index in [0.717, 1.165) is 50.3 Å². The Hall–Kier alpha value is -1.07. The Morgan fingerprint density at radius 3 is 2.96 bits per heavy atom. The molecule has 128 valence electrons. The summed E-state index contributed by atoms with van der Waals surface area (Å²) < 4.78 is 0. The first-order valence-electron chi connectivity index (χ1n) is 8.49. The first kappa shape index (κ1) is 18.3. The summed E-state index contributed by atoms with van der Waals surface area (Å²) in [6.07, 6.45) is 7.22. The zero-order valence-corrected chi connectivity index (χ0v) is 15.4. The highest BCUT2D eigenvalue weighted by Gasteiger charge is 2.25. The first-order chi connectivity index (χ1) is 11.1. The fraction of sp³-hybridized carbons (Fsp3) is 0.667. The van der Waals surface area contributed by atoms with Crippen LogP contribution in [-0.2, 0) is 11.3 Å². The van der Waals surface area contributed by atoms with Crippen molar-refractivity contribution >= 4 is 17.7 Å². The van der Waals surface area contributed by atoms with Gasteiger partial charge in [0.1, 0.15) is 0 Å². The molecule has 5 heteroatoms. The van der Waals surface area contributed by atoms with Crippen LogP contribution < -0.4 is 0 Å². The van der Waals surface area contributed by atoms with E-state index in [0.29, 0.717) is 11.9 Å². The zero-order chi connectivity index (χ0) is 16.7. The van der Waals surface area contributed by atoms with Crippen molar-refractivity contribution in [1.29, 1.82) is 0 Å². The van der Waals surface area contributed by atoms with Gasteiger partial charge in [-0.15, -0.1) is 0 Å². The second kappa shape index (κ2) is 9.28. The van der Waals surface area contributed by atoms with E-state index in [4.69, 9.17) is 0 Å². The second-order valence-electron chi connectivity index (χ2n) is 6.50. The molecule has 1 saturated heterocycles. The molecular formula is C18H29N3OS. The molecule has 0 spiro atoms. The molecule has 0 saturated carbocycles. The van der Waals surface area contributed by atoms with Crippen LogP contribution in [-0.4, -0.2) is 58.9 Å². The molecular weight excluding hydrogens is 306 g/mol. The lowest BCUT2D eigenvalue weighted by Gasteiger charge is -2.27. The minimum Gasteiger partial charge on any atom is -0.342 e. The van der Waals surface area contributed by atoms with Crippen molar-refractivity contribution in [3.05, 3.63) is 30.1 Å². The summed E-state index contributed by atoms with van der Waals surface area (Å²) in [7, 11) is 2.17. The van der Waals surface area contributed by atoms with Gasteiger partial charge in [0, 0.05) is 43.5 Å². The second-order valence-corrected chi connectivity index (χ2v) is 7.41. The van der Waals surface area contributed by atoms with Crippen LogP contribution >= 0.6 is 11.8 Å². The van der Waals surface area contributed by atoms with Gasteiger partial charge < -0.3 is 4.90 Å². The van der Waals surface area contributed by atoms with Gasteiger partial charge in [-0.25, -0.2) is 0 Å². The van der Waals surface area contributed by atoms with Gasteiger partial charge in [0.05, 0.1) is 5.69 Å². The third-order valence-corrected chi connectivity index (χ3v) is 5.44. The minimum atomic E-state index is 0.132. The maximum Gasteiger partial charge on any atom is 0.226 e. The first-order valence-corrected chi connectivity index (χ1v) is 9.89. The van der Waals surface area contributed by atoms with E-state index in [-0.39, 0.29) is 5.92 Å². The average molecular weight is 336 g/mol. The number of pyridine rings is 1. The van der Waals surface area contributed by atoms with Crippen molar-refractivity contribution in [2.75, 3.05) is 32.1 Å². The number of hydrogen-bond acceptors (Lipinski definition) is 4. The number of thioether (sulfide) groups is 1. The monoisotopic (exact) mass is 335 g/mol. The van der Waals surface area contributed by atoms with Crippen molar-refractivity contribution in [3.63, 3.8) is 0 Å². The Balaban J connectivity index is 1.86. The van der Waals surface area contributed by atoms with E-state index >= 15 is 0 Å². The lowest BCUT2D eigenvalue weighted by Crippen LogP contribution is -2.38. The fourth-order valence-electron chi connectivity index (χ4n) is 3.25. The highest BCUT2D eigenvalue weighted by Crippen LogP contribution is 2.19. The Labute approximate surface area is 144 Å². The van der Waals surface area contributed by atoms with Gasteiger partial charge >= 0.3 is 0 Å². The molecule has 2 atom stereocenters. The summed E-state index contributed by atoms with van der Waals surface area (Å²) in [4.78, 5) is 21.4. The van der Waals surface area contributed by atoms with Crippen LogP contribution in [0, 0.1) is 5.92 Å². The van der Waals surface area contributed by atoms with Crippen LogP contribution in [0.5, 0.6) is 0 Å². The number of amides is 1. The van der Waals surface area contributed by atoms with Crippen LogP contribution in [0.2, 0.25) is 0 Å². The number of carbonyl (C=O) groups excluding carboxylic acids is 1. The van der Waals surface area contributed by atoms with E-state index in [1.807, 2.05) is 18.3 Å². The molecule has 1 aromatic rings. The lowest BCUT2D eigenvalue weighted by atomic mass is 10.1. The maximum absolute atomic E-state index is 12.5. The predicted octanol–water partition coefficient (Wildman–Crippen LogP) is 2.89. The van der Waals surface area contributed by atoms with Gasteiger partial charge in [0.25, 0.3) is 0 Å². The van der Waals surface area contributed by atoms with E-state index in [2.05, 4.69) is 41.1 Å². The summed E-state index contributed by atoms with van der Waals surface area (Å²) >= 11 is 1.75. The van der Waals surface area contributed by atoms with Gasteiger partial charge in [0.2, 0.25) is 5.91 Å². The lowest BCUT2D eigenvalue weighted by molar-refractivity contribution is -0.134. The van der Waals surface area contributed by atoms with Gasteiger partial charge in [-0.1, -0.05) is 13.0 Å². The highest BCUT2D eigenvalue weighted by molar-refractivity contribution is 7.98. The van der Waals surface area contributed by atoms with Gasteiger partial charge in [-0.3, -0.25) is 14.7 Å². The summed E-state index contributed by atoms with van der Waals surface area (Å²) in [5.41, 5.74) is 1.11. The van der Waals surface area contributed by atoms with Gasteiger partial charge in [-0.05, 0) is 44.7 Å². The highest BCUT2D eigenvalue weighted by atomic mass is 32.2. The molecule has 0 N–H and O–H groups in total. The minimum absolute atomic E-state index is 0.132. The normalized spacial score (nSPS) is 20.3. The number of likely N-dealkylation sites (tertiary alicyclic amines) is 1. The van der Waals surface area contributed by atoms with Crippen molar-refractivity contribution < 1.29 is 4.79 Å². The largest absolute Gasteiger partial charge is 0.342 e. The molecule has 1 amide bonds. The van der Waals surface area contributed by atoms with E-state index in [1.165, 1.54) is 0 Å². The van der Waals surface area contributed by atoms with Crippen molar-refractivity contribution in [3.8, 4) is 0 Å². The van der Waals surface area contributed by atoms with Crippen molar-refractivity contribution in [1.82, 2.24) is 14.8 Å². The predicted molar refractivity (Wildman–Crippen MR) is 97.5 cm³/mol. The Bertz CT molecular complexity index is 482. The molecule has 1 aliphatic heterocycles. The molecule has 2 heterocycles. The average Bonchev–Trinajstić information content (AvgIpc) is 2.81. The summed E-state index contributed by atoms with van der Waals surface area (Å²) in [6.45, 7) is 4.72. The van der Waals surface area contributed by atoms with Crippen LogP contribution in [0.3, 0.4) is 0 Å². The number of carbonyl (C=O) groups is 1. The van der Waals surface area contributed by atoms with E-state index < -0.39 is 0 Å². The molecule has 0 unspecified atom stereocenters. The molecule has 1 fully saturated rings. The Morgan fingerprint density at radius 2 is 2.26 bits per heavy atom.